The third kappa shape index (κ3) is 4.30. The zero-order valence-corrected chi connectivity index (χ0v) is 15.9. The average Bonchev–Trinajstić information content (AvgIpc) is 3.16. The fraction of sp³-hybridized carbons (Fsp3) is 0.588. The number of sulfone groups is 1. The van der Waals surface area contributed by atoms with Gasteiger partial charge in [0.1, 0.15) is 5.75 Å². The number of hydrogen-bond donors (Lipinski definition) is 0. The summed E-state index contributed by atoms with van der Waals surface area (Å²) in [7, 11) is -3.02. The molecule has 0 radical (unpaired) electrons. The van der Waals surface area contributed by atoms with Crippen molar-refractivity contribution in [3.63, 3.8) is 0 Å². The van der Waals surface area contributed by atoms with E-state index in [2.05, 4.69) is 15.9 Å². The van der Waals surface area contributed by atoms with Gasteiger partial charge in [0.05, 0.1) is 11.5 Å². The molecule has 1 aromatic carbocycles. The molecular formula is C17H22BrNO4S. The van der Waals surface area contributed by atoms with Crippen LogP contribution in [0.15, 0.2) is 28.7 Å². The quantitative estimate of drug-likeness (QED) is 0.741. The monoisotopic (exact) mass is 415 g/mol. The van der Waals surface area contributed by atoms with Gasteiger partial charge in [0.2, 0.25) is 0 Å². The Labute approximate surface area is 151 Å². The summed E-state index contributed by atoms with van der Waals surface area (Å²) in [6.45, 7) is -0.0521. The molecule has 3 rings (SSSR count). The van der Waals surface area contributed by atoms with Crippen molar-refractivity contribution in [2.75, 3.05) is 18.1 Å². The lowest BCUT2D eigenvalue weighted by atomic mass is 10.1. The van der Waals surface area contributed by atoms with E-state index in [0.29, 0.717) is 12.2 Å². The predicted molar refractivity (Wildman–Crippen MR) is 95.8 cm³/mol. The van der Waals surface area contributed by atoms with Crippen LogP contribution in [0.2, 0.25) is 0 Å². The molecular weight excluding hydrogens is 394 g/mol. The average molecular weight is 416 g/mol. The molecule has 1 aliphatic carbocycles. The number of ether oxygens (including phenoxy) is 1. The Morgan fingerprint density at radius 3 is 2.58 bits per heavy atom. The predicted octanol–water partition coefficient (Wildman–Crippen LogP) is 2.79. The number of amides is 1. The fourth-order valence-electron chi connectivity index (χ4n) is 3.66. The lowest BCUT2D eigenvalue weighted by molar-refractivity contribution is -0.137. The van der Waals surface area contributed by atoms with Crippen LogP contribution in [-0.2, 0) is 14.6 Å². The van der Waals surface area contributed by atoms with Crippen LogP contribution in [0.3, 0.4) is 0 Å². The summed E-state index contributed by atoms with van der Waals surface area (Å²) in [4.78, 5) is 14.6. The van der Waals surface area contributed by atoms with Crippen LogP contribution in [-0.4, -0.2) is 49.4 Å². The number of halogens is 1. The van der Waals surface area contributed by atoms with Crippen LogP contribution in [0.25, 0.3) is 0 Å². The van der Waals surface area contributed by atoms with Crippen molar-refractivity contribution in [3.8, 4) is 5.75 Å². The minimum Gasteiger partial charge on any atom is -0.484 e. The van der Waals surface area contributed by atoms with Crippen LogP contribution in [0.5, 0.6) is 5.75 Å². The van der Waals surface area contributed by atoms with Crippen molar-refractivity contribution in [2.24, 2.45) is 0 Å². The lowest BCUT2D eigenvalue weighted by Crippen LogP contribution is -2.48. The van der Waals surface area contributed by atoms with Gasteiger partial charge < -0.3 is 9.64 Å². The summed E-state index contributed by atoms with van der Waals surface area (Å²) in [6.07, 6.45) is 4.65. The highest BCUT2D eigenvalue weighted by molar-refractivity contribution is 9.10. The summed E-state index contributed by atoms with van der Waals surface area (Å²) < 4.78 is 30.2. The topological polar surface area (TPSA) is 63.7 Å². The number of carbonyl (C=O) groups is 1. The molecule has 24 heavy (non-hydrogen) atoms. The number of benzene rings is 1. The van der Waals surface area contributed by atoms with Gasteiger partial charge in [-0.1, -0.05) is 34.8 Å². The van der Waals surface area contributed by atoms with E-state index in [0.717, 1.165) is 30.2 Å². The molecule has 2 fully saturated rings. The van der Waals surface area contributed by atoms with Crippen LogP contribution < -0.4 is 4.74 Å². The second-order valence-electron chi connectivity index (χ2n) is 6.54. The van der Waals surface area contributed by atoms with E-state index in [1.165, 1.54) is 0 Å². The van der Waals surface area contributed by atoms with E-state index >= 15 is 0 Å². The molecule has 1 saturated carbocycles. The standard InChI is InChI=1S/C17H22BrNO4S/c18-13-4-3-7-16(10-13)23-11-17(20)19(14-5-1-2-6-14)15-8-9-24(21,22)12-15/h3-4,7,10,14-15H,1-2,5-6,8-9,11-12H2. The molecule has 5 nitrogen and oxygen atoms in total. The molecule has 132 valence electrons. The van der Waals surface area contributed by atoms with Crippen LogP contribution in [0.4, 0.5) is 0 Å². The third-order valence-electron chi connectivity index (χ3n) is 4.77. The summed E-state index contributed by atoms with van der Waals surface area (Å²) in [5, 5.41) is 0. The maximum Gasteiger partial charge on any atom is 0.261 e. The van der Waals surface area contributed by atoms with E-state index in [4.69, 9.17) is 4.74 Å². The lowest BCUT2D eigenvalue weighted by Gasteiger charge is -2.34. The molecule has 0 spiro atoms. The van der Waals surface area contributed by atoms with Gasteiger partial charge in [-0.3, -0.25) is 4.79 Å². The van der Waals surface area contributed by atoms with E-state index in [1.807, 2.05) is 23.1 Å². The van der Waals surface area contributed by atoms with Crippen molar-refractivity contribution in [3.05, 3.63) is 28.7 Å². The van der Waals surface area contributed by atoms with E-state index < -0.39 is 9.84 Å². The van der Waals surface area contributed by atoms with Gasteiger partial charge in [0.25, 0.3) is 5.91 Å². The first-order chi connectivity index (χ1) is 11.4. The summed E-state index contributed by atoms with van der Waals surface area (Å²) in [5.41, 5.74) is 0. The van der Waals surface area contributed by atoms with Gasteiger partial charge >= 0.3 is 0 Å². The molecule has 1 heterocycles. The third-order valence-corrected chi connectivity index (χ3v) is 7.01. The van der Waals surface area contributed by atoms with Crippen LogP contribution in [0.1, 0.15) is 32.1 Å². The minimum atomic E-state index is -3.02. The Morgan fingerprint density at radius 2 is 1.96 bits per heavy atom. The Morgan fingerprint density at radius 1 is 1.21 bits per heavy atom. The molecule has 1 saturated heterocycles. The summed E-state index contributed by atoms with van der Waals surface area (Å²) in [6, 6.07) is 7.31. The Bertz CT molecular complexity index is 700. The van der Waals surface area contributed by atoms with Crippen molar-refractivity contribution < 1.29 is 17.9 Å². The van der Waals surface area contributed by atoms with Gasteiger partial charge in [-0.05, 0) is 37.5 Å². The Hall–Kier alpha value is -1.08. The molecule has 1 aromatic rings. The second kappa shape index (κ2) is 7.44. The minimum absolute atomic E-state index is 0.0521. The highest BCUT2D eigenvalue weighted by atomic mass is 79.9. The maximum atomic E-state index is 12.8. The molecule has 1 atom stereocenters. The molecule has 7 heteroatoms. The highest BCUT2D eigenvalue weighted by Crippen LogP contribution is 2.29. The maximum absolute atomic E-state index is 12.8. The van der Waals surface area contributed by atoms with Gasteiger partial charge in [-0.2, -0.15) is 0 Å². The van der Waals surface area contributed by atoms with Crippen molar-refractivity contribution in [2.45, 2.75) is 44.2 Å². The number of carbonyl (C=O) groups excluding carboxylic acids is 1. The second-order valence-corrected chi connectivity index (χ2v) is 9.69. The van der Waals surface area contributed by atoms with Gasteiger partial charge in [-0.25, -0.2) is 8.42 Å². The van der Waals surface area contributed by atoms with Crippen LogP contribution >= 0.6 is 15.9 Å². The van der Waals surface area contributed by atoms with E-state index in [9.17, 15) is 13.2 Å². The van der Waals surface area contributed by atoms with Crippen molar-refractivity contribution >= 4 is 31.7 Å². The van der Waals surface area contributed by atoms with Crippen molar-refractivity contribution in [1.82, 2.24) is 4.90 Å². The molecule has 1 amide bonds. The van der Waals surface area contributed by atoms with Gasteiger partial charge in [0, 0.05) is 16.6 Å². The number of nitrogens with zero attached hydrogens (tertiary/aromatic N) is 1. The number of hydrogen-bond acceptors (Lipinski definition) is 4. The largest absolute Gasteiger partial charge is 0.484 e. The zero-order valence-electron chi connectivity index (χ0n) is 13.5. The van der Waals surface area contributed by atoms with E-state index in [1.54, 1.807) is 6.07 Å². The summed E-state index contributed by atoms with van der Waals surface area (Å²) >= 11 is 3.38. The Balaban J connectivity index is 1.69. The Kier molecular flexibility index (Phi) is 5.49. The smallest absolute Gasteiger partial charge is 0.261 e. The van der Waals surface area contributed by atoms with Gasteiger partial charge in [0.15, 0.2) is 16.4 Å². The van der Waals surface area contributed by atoms with Gasteiger partial charge in [-0.15, -0.1) is 0 Å². The zero-order chi connectivity index (χ0) is 17.2. The normalized spacial score (nSPS) is 23.3. The first-order valence-corrected chi connectivity index (χ1v) is 11.0. The van der Waals surface area contributed by atoms with Crippen LogP contribution in [0, 0.1) is 0 Å². The number of rotatable bonds is 5. The molecule has 1 aliphatic heterocycles. The molecule has 0 N–H and O–H groups in total. The summed E-state index contributed by atoms with van der Waals surface area (Å²) in [5.74, 6) is 0.791. The van der Waals surface area contributed by atoms with Crippen molar-refractivity contribution in [1.29, 1.82) is 0 Å². The fourth-order valence-corrected chi connectivity index (χ4v) is 5.75. The molecule has 1 unspecified atom stereocenters. The van der Waals surface area contributed by atoms with E-state index in [-0.39, 0.29) is 36.1 Å². The SMILES string of the molecule is O=C(COc1cccc(Br)c1)N(C1CCCC1)C1CCS(=O)(=O)C1. The highest BCUT2D eigenvalue weighted by Gasteiger charge is 2.39. The molecule has 0 bridgehead atoms. The first kappa shape index (κ1) is 17.7. The molecule has 0 aromatic heterocycles. The molecule has 2 aliphatic rings. The first-order valence-electron chi connectivity index (χ1n) is 8.34.